The molecule has 2 N–H and O–H groups in total. The minimum atomic E-state index is -4.53. The van der Waals surface area contributed by atoms with Crippen LogP contribution in [0.15, 0.2) is 54.6 Å². The summed E-state index contributed by atoms with van der Waals surface area (Å²) < 4.78 is 39.8. The Hall–Kier alpha value is -2.99. The van der Waals surface area contributed by atoms with Crippen LogP contribution >= 0.6 is 0 Å². The fraction of sp³-hybridized carbons (Fsp3) is 0.308. The van der Waals surface area contributed by atoms with Crippen molar-refractivity contribution in [2.75, 3.05) is 0 Å². The molecule has 2 aromatic carbocycles. The molecule has 0 aliphatic rings. The zero-order chi connectivity index (χ0) is 23.5. The second-order valence-electron chi connectivity index (χ2n) is 8.15. The summed E-state index contributed by atoms with van der Waals surface area (Å²) in [6, 6.07) is 15.5. The maximum absolute atomic E-state index is 13.3. The number of aromatic nitrogens is 1. The lowest BCUT2D eigenvalue weighted by molar-refractivity contribution is -0.141. The highest BCUT2D eigenvalue weighted by Gasteiger charge is 2.33. The highest BCUT2D eigenvalue weighted by molar-refractivity contribution is 5.85. The maximum atomic E-state index is 13.3. The van der Waals surface area contributed by atoms with Crippen LogP contribution in [0, 0.1) is 13.8 Å². The summed E-state index contributed by atoms with van der Waals surface area (Å²) in [7, 11) is 0. The predicted molar refractivity (Wildman–Crippen MR) is 120 cm³/mol. The third kappa shape index (κ3) is 5.43. The van der Waals surface area contributed by atoms with Crippen LogP contribution in [-0.4, -0.2) is 10.8 Å². The van der Waals surface area contributed by atoms with Crippen molar-refractivity contribution >= 4 is 5.78 Å². The Bertz CT molecular complexity index is 1120. The molecule has 0 saturated carbocycles. The van der Waals surface area contributed by atoms with Crippen molar-refractivity contribution in [1.29, 1.82) is 0 Å². The highest BCUT2D eigenvalue weighted by Crippen LogP contribution is 2.32. The molecule has 1 aromatic heterocycles. The second-order valence-corrected chi connectivity index (χ2v) is 8.15. The molecule has 3 aromatic rings. The van der Waals surface area contributed by atoms with E-state index in [9.17, 15) is 18.0 Å². The maximum Gasteiger partial charge on any atom is 0.433 e. The van der Waals surface area contributed by atoms with Crippen molar-refractivity contribution in [3.05, 3.63) is 88.1 Å². The summed E-state index contributed by atoms with van der Waals surface area (Å²) in [5.74, 6) is -0.287. The van der Waals surface area contributed by atoms with Crippen LogP contribution in [0.4, 0.5) is 13.2 Å². The Labute approximate surface area is 186 Å². The summed E-state index contributed by atoms with van der Waals surface area (Å²) in [5.41, 5.74) is 10.2. The molecule has 1 atom stereocenters. The molecule has 6 heteroatoms. The molecular weight excluding hydrogens is 413 g/mol. The van der Waals surface area contributed by atoms with Crippen molar-refractivity contribution in [2.45, 2.75) is 52.3 Å². The van der Waals surface area contributed by atoms with E-state index in [4.69, 9.17) is 5.73 Å². The normalized spacial score (nSPS) is 12.6. The molecule has 0 spiro atoms. The van der Waals surface area contributed by atoms with E-state index in [0.29, 0.717) is 24.1 Å². The van der Waals surface area contributed by atoms with Crippen molar-refractivity contribution < 1.29 is 18.0 Å². The van der Waals surface area contributed by atoms with Crippen LogP contribution < -0.4 is 5.73 Å². The van der Waals surface area contributed by atoms with Crippen LogP contribution in [0.2, 0.25) is 0 Å². The Morgan fingerprint density at radius 3 is 2.38 bits per heavy atom. The topological polar surface area (TPSA) is 56.0 Å². The molecule has 3 nitrogen and oxygen atoms in total. The number of carbonyl (C=O) groups excluding carboxylic acids is 1. The Balaban J connectivity index is 1.85. The number of rotatable bonds is 7. The van der Waals surface area contributed by atoms with Gasteiger partial charge in [-0.2, -0.15) is 13.2 Å². The first-order valence-electron chi connectivity index (χ1n) is 10.6. The number of alkyl halides is 3. The van der Waals surface area contributed by atoms with E-state index in [1.54, 1.807) is 18.2 Å². The molecule has 0 bridgehead atoms. The van der Waals surface area contributed by atoms with Crippen LogP contribution in [0.25, 0.3) is 11.3 Å². The first-order chi connectivity index (χ1) is 15.1. The molecule has 32 heavy (non-hydrogen) atoms. The second kappa shape index (κ2) is 9.65. The standard InChI is InChI=1S/C26H27F3N2O/c1-16-5-4-6-21(13-16)25-19(10-12-24(31-25)26(27,28)29)9-11-23(32)18(3)20-7-8-22(15-30)17(2)14-20/h4-8,10,12-14,18H,9,11,15,30H2,1-3H3. The molecule has 0 radical (unpaired) electrons. The number of aryl methyl sites for hydroxylation is 3. The van der Waals surface area contributed by atoms with E-state index < -0.39 is 11.9 Å². The Kier molecular flexibility index (Phi) is 7.14. The van der Waals surface area contributed by atoms with Gasteiger partial charge >= 0.3 is 6.18 Å². The van der Waals surface area contributed by atoms with Crippen molar-refractivity contribution in [2.24, 2.45) is 5.73 Å². The third-order valence-electron chi connectivity index (χ3n) is 5.77. The van der Waals surface area contributed by atoms with Crippen molar-refractivity contribution in [3.8, 4) is 11.3 Å². The van der Waals surface area contributed by atoms with E-state index in [0.717, 1.165) is 28.3 Å². The Morgan fingerprint density at radius 2 is 1.75 bits per heavy atom. The monoisotopic (exact) mass is 440 g/mol. The Morgan fingerprint density at radius 1 is 1.03 bits per heavy atom. The van der Waals surface area contributed by atoms with Crippen LogP contribution in [0.3, 0.4) is 0 Å². The summed E-state index contributed by atoms with van der Waals surface area (Å²) >= 11 is 0. The van der Waals surface area contributed by atoms with E-state index in [1.165, 1.54) is 6.07 Å². The van der Waals surface area contributed by atoms with Crippen molar-refractivity contribution in [3.63, 3.8) is 0 Å². The summed E-state index contributed by atoms with van der Waals surface area (Å²) in [6.45, 7) is 6.13. The van der Waals surface area contributed by atoms with E-state index >= 15 is 0 Å². The number of hydrogen-bond donors (Lipinski definition) is 1. The van der Waals surface area contributed by atoms with E-state index in [-0.39, 0.29) is 23.8 Å². The molecule has 0 fully saturated rings. The van der Waals surface area contributed by atoms with Gasteiger partial charge in [0, 0.05) is 24.4 Å². The minimum Gasteiger partial charge on any atom is -0.326 e. The number of nitrogens with two attached hydrogens (primary N) is 1. The first-order valence-corrected chi connectivity index (χ1v) is 10.6. The molecule has 0 amide bonds. The lowest BCUT2D eigenvalue weighted by Crippen LogP contribution is -2.13. The molecule has 0 saturated heterocycles. The third-order valence-corrected chi connectivity index (χ3v) is 5.77. The van der Waals surface area contributed by atoms with Crippen LogP contribution in [0.1, 0.15) is 52.8 Å². The van der Waals surface area contributed by atoms with Gasteiger partial charge in [-0.05, 0) is 54.7 Å². The largest absolute Gasteiger partial charge is 0.433 e. The van der Waals surface area contributed by atoms with Gasteiger partial charge in [0.15, 0.2) is 0 Å². The van der Waals surface area contributed by atoms with Gasteiger partial charge in [-0.15, -0.1) is 0 Å². The summed E-state index contributed by atoms with van der Waals surface area (Å²) in [5, 5.41) is 0. The average Bonchev–Trinajstić information content (AvgIpc) is 2.76. The van der Waals surface area contributed by atoms with E-state index in [2.05, 4.69) is 4.98 Å². The minimum absolute atomic E-state index is 0.0278. The predicted octanol–water partition coefficient (Wildman–Crippen LogP) is 6.15. The lowest BCUT2D eigenvalue weighted by atomic mass is 9.90. The quantitative estimate of drug-likeness (QED) is 0.480. The molecule has 3 rings (SSSR count). The number of benzene rings is 2. The summed E-state index contributed by atoms with van der Waals surface area (Å²) in [4.78, 5) is 16.8. The van der Waals surface area contributed by atoms with Crippen LogP contribution in [0.5, 0.6) is 0 Å². The fourth-order valence-electron chi connectivity index (χ4n) is 3.77. The number of Topliss-reactive ketones (excluding diaryl/α,β-unsaturated/α-hetero) is 1. The molecule has 168 valence electrons. The van der Waals surface area contributed by atoms with E-state index in [1.807, 2.05) is 45.0 Å². The number of hydrogen-bond acceptors (Lipinski definition) is 3. The van der Waals surface area contributed by atoms with Gasteiger partial charge in [0.25, 0.3) is 0 Å². The van der Waals surface area contributed by atoms with Gasteiger partial charge in [0.05, 0.1) is 5.69 Å². The molecular formula is C26H27F3N2O. The zero-order valence-electron chi connectivity index (χ0n) is 18.5. The SMILES string of the molecule is Cc1cccc(-c2nc(C(F)(F)F)ccc2CCC(=O)C(C)c2ccc(CN)c(C)c2)c1. The molecule has 1 unspecified atom stereocenters. The van der Waals surface area contributed by atoms with Crippen molar-refractivity contribution in [1.82, 2.24) is 4.98 Å². The highest BCUT2D eigenvalue weighted by atomic mass is 19.4. The zero-order valence-corrected chi connectivity index (χ0v) is 18.5. The summed E-state index contributed by atoms with van der Waals surface area (Å²) in [6.07, 6.45) is -4.00. The number of pyridine rings is 1. The van der Waals surface area contributed by atoms with Gasteiger partial charge in [0.2, 0.25) is 0 Å². The smallest absolute Gasteiger partial charge is 0.326 e. The number of nitrogens with zero attached hydrogens (tertiary/aromatic N) is 1. The average molecular weight is 441 g/mol. The van der Waals surface area contributed by atoms with Gasteiger partial charge < -0.3 is 5.73 Å². The van der Waals surface area contributed by atoms with Crippen LogP contribution in [-0.2, 0) is 23.9 Å². The number of ketones is 1. The number of carbonyl (C=O) groups is 1. The first kappa shape index (κ1) is 23.7. The van der Waals surface area contributed by atoms with Gasteiger partial charge in [-0.25, -0.2) is 4.98 Å². The van der Waals surface area contributed by atoms with Gasteiger partial charge in [0.1, 0.15) is 11.5 Å². The number of halogens is 3. The molecule has 0 aliphatic heterocycles. The molecule has 1 heterocycles. The lowest BCUT2D eigenvalue weighted by Gasteiger charge is -2.15. The molecule has 0 aliphatic carbocycles. The fourth-order valence-corrected chi connectivity index (χ4v) is 3.77. The van der Waals surface area contributed by atoms with Gasteiger partial charge in [-0.3, -0.25) is 4.79 Å². The van der Waals surface area contributed by atoms with Gasteiger partial charge in [-0.1, -0.05) is 55.0 Å².